The van der Waals surface area contributed by atoms with E-state index in [0.29, 0.717) is 0 Å². The first kappa shape index (κ1) is 13.6. The Morgan fingerprint density at radius 2 is 1.75 bits per heavy atom. The molecule has 0 fully saturated rings. The zero-order valence-corrected chi connectivity index (χ0v) is 13.6. The molecule has 0 radical (unpaired) electrons. The highest BCUT2D eigenvalue weighted by atomic mass is 127. The number of aliphatic imine (C=N–C) groups is 1. The van der Waals surface area contributed by atoms with Crippen molar-refractivity contribution in [3.63, 3.8) is 0 Å². The first-order valence-corrected chi connectivity index (χ1v) is 7.91. The largest absolute Gasteiger partial charge is 0.252 e. The van der Waals surface area contributed by atoms with Gasteiger partial charge in [-0.3, -0.25) is 4.99 Å². The summed E-state index contributed by atoms with van der Waals surface area (Å²) >= 11 is 2.41. The predicted octanol–water partition coefficient (Wildman–Crippen LogP) is 5.69. The number of nitrogens with zero attached hydrogens (tertiary/aromatic N) is 1. The number of aryl methyl sites for hydroxylation is 1. The highest BCUT2D eigenvalue weighted by Crippen LogP contribution is 2.33. The number of fused-ring (bicyclic) bond motifs is 1. The zero-order chi connectivity index (χ0) is 13.9. The van der Waals surface area contributed by atoms with Gasteiger partial charge >= 0.3 is 0 Å². The van der Waals surface area contributed by atoms with Gasteiger partial charge in [0, 0.05) is 14.9 Å². The number of para-hydroxylation sites is 1. The van der Waals surface area contributed by atoms with Gasteiger partial charge in [-0.2, -0.15) is 0 Å². The van der Waals surface area contributed by atoms with Crippen molar-refractivity contribution in [2.24, 2.45) is 4.99 Å². The maximum Gasteiger partial charge on any atom is 0.0716 e. The summed E-state index contributed by atoms with van der Waals surface area (Å²) < 4.78 is 1.30. The van der Waals surface area contributed by atoms with E-state index in [9.17, 15) is 0 Å². The normalized spacial score (nSPS) is 19.9. The van der Waals surface area contributed by atoms with Crippen molar-refractivity contribution in [2.45, 2.75) is 19.8 Å². The molecule has 0 bridgehead atoms. The standard InChI is InChI=1S/C18H16IN/c1-13-9-11-14(12-10-13)17-8-4-6-16(19)15-5-2-3-7-18(15)20-17/h2-3,5-7,9-12H,4,8H2,1H3/b16-6+,20-17+. The lowest BCUT2D eigenvalue weighted by Crippen LogP contribution is -2.02. The number of allylic oxidation sites excluding steroid dienone is 1. The molecule has 0 saturated carbocycles. The van der Waals surface area contributed by atoms with Gasteiger partial charge in [-0.1, -0.05) is 54.1 Å². The molecular weight excluding hydrogens is 357 g/mol. The molecule has 3 rings (SSSR count). The van der Waals surface area contributed by atoms with Crippen molar-refractivity contribution in [2.75, 3.05) is 0 Å². The summed E-state index contributed by atoms with van der Waals surface area (Å²) in [5.41, 5.74) is 6.00. The molecule has 100 valence electrons. The molecule has 1 nitrogen and oxygen atoms in total. The second-order valence-corrected chi connectivity index (χ2v) is 6.19. The number of benzene rings is 2. The molecular formula is C18H16IN. The fraction of sp³-hybridized carbons (Fsp3) is 0.167. The van der Waals surface area contributed by atoms with Crippen molar-refractivity contribution in [3.05, 3.63) is 71.3 Å². The lowest BCUT2D eigenvalue weighted by atomic mass is 10.0. The average molecular weight is 373 g/mol. The van der Waals surface area contributed by atoms with Crippen molar-refractivity contribution >= 4 is 37.6 Å². The summed E-state index contributed by atoms with van der Waals surface area (Å²) in [6.07, 6.45) is 4.34. The van der Waals surface area contributed by atoms with Crippen LogP contribution in [0.3, 0.4) is 0 Å². The summed E-state index contributed by atoms with van der Waals surface area (Å²) in [4.78, 5) is 4.92. The quantitative estimate of drug-likeness (QED) is 0.570. The minimum atomic E-state index is 0.990. The second kappa shape index (κ2) is 5.92. The van der Waals surface area contributed by atoms with Crippen molar-refractivity contribution in [3.8, 4) is 0 Å². The monoisotopic (exact) mass is 373 g/mol. The van der Waals surface area contributed by atoms with Gasteiger partial charge in [-0.25, -0.2) is 0 Å². The van der Waals surface area contributed by atoms with Gasteiger partial charge in [0.25, 0.3) is 0 Å². The number of halogens is 1. The third-order valence-corrected chi connectivity index (χ3v) is 4.53. The SMILES string of the molecule is Cc1ccc(/C2=N/c3ccccc3/C(I)=C\CC2)cc1. The Morgan fingerprint density at radius 1 is 1.00 bits per heavy atom. The summed E-state index contributed by atoms with van der Waals surface area (Å²) in [5.74, 6) is 0. The molecule has 0 amide bonds. The van der Waals surface area contributed by atoms with Gasteiger partial charge in [0.05, 0.1) is 5.69 Å². The number of hydrogen-bond donors (Lipinski definition) is 0. The molecule has 0 atom stereocenters. The van der Waals surface area contributed by atoms with Crippen LogP contribution in [-0.4, -0.2) is 5.71 Å². The molecule has 2 aromatic carbocycles. The minimum Gasteiger partial charge on any atom is -0.252 e. The molecule has 0 N–H and O–H groups in total. The Hall–Kier alpha value is -1.42. The highest BCUT2D eigenvalue weighted by molar-refractivity contribution is 14.1. The van der Waals surface area contributed by atoms with Crippen LogP contribution in [0.25, 0.3) is 3.58 Å². The minimum absolute atomic E-state index is 0.990. The molecule has 0 unspecified atom stereocenters. The van der Waals surface area contributed by atoms with E-state index in [-0.39, 0.29) is 0 Å². The third-order valence-electron chi connectivity index (χ3n) is 3.51. The Bertz CT molecular complexity index is 681. The first-order chi connectivity index (χ1) is 9.74. The lowest BCUT2D eigenvalue weighted by molar-refractivity contribution is 1.09. The van der Waals surface area contributed by atoms with Crippen LogP contribution in [0, 0.1) is 6.92 Å². The smallest absolute Gasteiger partial charge is 0.0716 e. The fourth-order valence-electron chi connectivity index (χ4n) is 2.37. The van der Waals surface area contributed by atoms with Crippen LogP contribution in [0.15, 0.2) is 59.6 Å². The molecule has 1 heterocycles. The van der Waals surface area contributed by atoms with Gasteiger partial charge in [0.15, 0.2) is 0 Å². The zero-order valence-electron chi connectivity index (χ0n) is 11.4. The van der Waals surface area contributed by atoms with E-state index in [1.54, 1.807) is 0 Å². The molecule has 0 aliphatic carbocycles. The summed E-state index contributed by atoms with van der Waals surface area (Å²) in [5, 5.41) is 0. The van der Waals surface area contributed by atoms with Gasteiger partial charge in [0.2, 0.25) is 0 Å². The van der Waals surface area contributed by atoms with E-state index >= 15 is 0 Å². The third kappa shape index (κ3) is 2.85. The van der Waals surface area contributed by atoms with Crippen LogP contribution in [0.4, 0.5) is 5.69 Å². The molecule has 2 aromatic rings. The fourth-order valence-corrected chi connectivity index (χ4v) is 3.14. The lowest BCUT2D eigenvalue weighted by Gasteiger charge is -2.12. The van der Waals surface area contributed by atoms with Crippen LogP contribution < -0.4 is 0 Å². The van der Waals surface area contributed by atoms with Crippen molar-refractivity contribution in [1.82, 2.24) is 0 Å². The van der Waals surface area contributed by atoms with Crippen LogP contribution in [0.1, 0.15) is 29.5 Å². The van der Waals surface area contributed by atoms with Crippen molar-refractivity contribution in [1.29, 1.82) is 0 Å². The molecule has 0 spiro atoms. The molecule has 1 aliphatic heterocycles. The maximum absolute atomic E-state index is 4.92. The Kier molecular flexibility index (Phi) is 4.01. The highest BCUT2D eigenvalue weighted by Gasteiger charge is 2.10. The van der Waals surface area contributed by atoms with Crippen LogP contribution in [-0.2, 0) is 0 Å². The summed E-state index contributed by atoms with van der Waals surface area (Å²) in [6.45, 7) is 2.12. The molecule has 1 aliphatic rings. The predicted molar refractivity (Wildman–Crippen MR) is 95.0 cm³/mol. The molecule has 0 aromatic heterocycles. The molecule has 2 heteroatoms. The van der Waals surface area contributed by atoms with Gasteiger partial charge < -0.3 is 0 Å². The maximum atomic E-state index is 4.92. The van der Waals surface area contributed by atoms with E-state index in [1.807, 2.05) is 0 Å². The second-order valence-electron chi connectivity index (χ2n) is 5.03. The average Bonchev–Trinajstić information content (AvgIpc) is 2.45. The molecule has 0 saturated heterocycles. The number of rotatable bonds is 1. The number of hydrogen-bond acceptors (Lipinski definition) is 1. The van der Waals surface area contributed by atoms with Crippen LogP contribution >= 0.6 is 22.6 Å². The van der Waals surface area contributed by atoms with Gasteiger partial charge in [0.1, 0.15) is 0 Å². The Morgan fingerprint density at radius 3 is 2.55 bits per heavy atom. The topological polar surface area (TPSA) is 12.4 Å². The van der Waals surface area contributed by atoms with Crippen LogP contribution in [0.5, 0.6) is 0 Å². The van der Waals surface area contributed by atoms with Gasteiger partial charge in [-0.15, -0.1) is 0 Å². The van der Waals surface area contributed by atoms with Crippen molar-refractivity contribution < 1.29 is 0 Å². The van der Waals surface area contributed by atoms with Gasteiger partial charge in [-0.05, 0) is 54.0 Å². The molecule has 20 heavy (non-hydrogen) atoms. The van der Waals surface area contributed by atoms with E-state index in [2.05, 4.69) is 84.1 Å². The summed E-state index contributed by atoms with van der Waals surface area (Å²) in [7, 11) is 0. The van der Waals surface area contributed by atoms with E-state index in [1.165, 1.54) is 26.0 Å². The van der Waals surface area contributed by atoms with E-state index in [0.717, 1.165) is 18.5 Å². The first-order valence-electron chi connectivity index (χ1n) is 6.84. The van der Waals surface area contributed by atoms with E-state index in [4.69, 9.17) is 4.99 Å². The Balaban J connectivity index is 2.08. The Labute approximate surface area is 133 Å². The van der Waals surface area contributed by atoms with Crippen LogP contribution in [0.2, 0.25) is 0 Å². The summed E-state index contributed by atoms with van der Waals surface area (Å²) in [6, 6.07) is 17.0. The van der Waals surface area contributed by atoms with E-state index < -0.39 is 0 Å².